The van der Waals surface area contributed by atoms with Crippen LogP contribution in [-0.4, -0.2) is 39.3 Å². The van der Waals surface area contributed by atoms with Crippen LogP contribution < -0.4 is 0 Å². The van der Waals surface area contributed by atoms with Crippen molar-refractivity contribution in [3.63, 3.8) is 0 Å². The van der Waals surface area contributed by atoms with E-state index in [9.17, 15) is 19.5 Å². The van der Waals surface area contributed by atoms with Crippen LogP contribution >= 0.6 is 0 Å². The Kier molecular flexibility index (Phi) is 3.60. The number of aliphatic hydroxyl groups is 1. The van der Waals surface area contributed by atoms with Crippen LogP contribution in [0.1, 0.15) is 64.2 Å². The molecule has 2 amide bonds. The van der Waals surface area contributed by atoms with Crippen molar-refractivity contribution in [1.82, 2.24) is 5.06 Å². The fourth-order valence-corrected chi connectivity index (χ4v) is 3.40. The summed E-state index contributed by atoms with van der Waals surface area (Å²) in [5.41, 5.74) is -0.497. The lowest BCUT2D eigenvalue weighted by atomic mass is 10.2. The van der Waals surface area contributed by atoms with Crippen molar-refractivity contribution >= 4 is 18.0 Å². The third kappa shape index (κ3) is 3.27. The highest BCUT2D eigenvalue weighted by molar-refractivity contribution is 6.01. The number of hydrogen-bond acceptors (Lipinski definition) is 6. The molecule has 24 heavy (non-hydrogen) atoms. The smallest absolute Gasteiger partial charge is 0.426 e. The maximum absolute atomic E-state index is 11.5. The van der Waals surface area contributed by atoms with E-state index >= 15 is 0 Å². The molecule has 1 heterocycles. The Balaban J connectivity index is 0.000000172. The van der Waals surface area contributed by atoms with Crippen LogP contribution in [0, 0.1) is 11.8 Å². The summed E-state index contributed by atoms with van der Waals surface area (Å²) < 4.78 is 5.22. The molecule has 7 nitrogen and oxygen atoms in total. The number of amides is 2. The third-order valence-corrected chi connectivity index (χ3v) is 5.62. The molecule has 0 spiro atoms. The lowest BCUT2D eigenvalue weighted by Crippen LogP contribution is -2.34. The molecule has 1 saturated heterocycles. The SMILES string of the molecule is O=C(ON1C(=O)CCC1=O)OC1(C2CC2)CC1.OC1(C2CC2)CC1. The summed E-state index contributed by atoms with van der Waals surface area (Å²) in [5.74, 6) is 0.193. The van der Waals surface area contributed by atoms with Crippen LogP contribution in [0.15, 0.2) is 0 Å². The minimum Gasteiger partial charge on any atom is -0.426 e. The summed E-state index contributed by atoms with van der Waals surface area (Å²) in [5, 5.41) is 9.79. The van der Waals surface area contributed by atoms with Gasteiger partial charge >= 0.3 is 6.16 Å². The van der Waals surface area contributed by atoms with E-state index in [1.807, 2.05) is 0 Å². The summed E-state index contributed by atoms with van der Waals surface area (Å²) in [7, 11) is 0. The summed E-state index contributed by atoms with van der Waals surface area (Å²) in [6.07, 6.45) is 7.87. The van der Waals surface area contributed by atoms with E-state index in [-0.39, 0.29) is 24.0 Å². The fraction of sp³-hybridized carbons (Fsp3) is 0.824. The van der Waals surface area contributed by atoms with Gasteiger partial charge in [0.2, 0.25) is 0 Å². The first-order valence-corrected chi connectivity index (χ1v) is 8.91. The van der Waals surface area contributed by atoms with Crippen LogP contribution in [0.4, 0.5) is 4.79 Å². The zero-order chi connectivity index (χ0) is 16.9. The van der Waals surface area contributed by atoms with E-state index in [0.29, 0.717) is 16.9 Å². The van der Waals surface area contributed by atoms with Crippen molar-refractivity contribution in [3.05, 3.63) is 0 Å². The van der Waals surface area contributed by atoms with Crippen LogP contribution in [0.5, 0.6) is 0 Å². The molecule has 0 radical (unpaired) electrons. The lowest BCUT2D eigenvalue weighted by Gasteiger charge is -2.17. The number of nitrogens with zero attached hydrogens (tertiary/aromatic N) is 1. The van der Waals surface area contributed by atoms with E-state index in [1.165, 1.54) is 12.8 Å². The summed E-state index contributed by atoms with van der Waals surface area (Å²) >= 11 is 0. The molecule has 7 heteroatoms. The first kappa shape index (κ1) is 15.9. The normalized spacial score (nSPS) is 28.8. The molecule has 0 aromatic heterocycles. The predicted octanol–water partition coefficient (Wildman–Crippen LogP) is 2.07. The molecule has 0 unspecified atom stereocenters. The summed E-state index contributed by atoms with van der Waals surface area (Å²) in [6.45, 7) is 0. The van der Waals surface area contributed by atoms with Gasteiger partial charge in [-0.1, -0.05) is 5.06 Å². The summed E-state index contributed by atoms with van der Waals surface area (Å²) in [6, 6.07) is 0. The molecule has 0 atom stereocenters. The maximum Gasteiger partial charge on any atom is 0.534 e. The van der Waals surface area contributed by atoms with E-state index in [2.05, 4.69) is 4.84 Å². The molecule has 4 aliphatic carbocycles. The molecule has 0 bridgehead atoms. The Morgan fingerprint density at radius 1 is 0.958 bits per heavy atom. The Labute approximate surface area is 140 Å². The van der Waals surface area contributed by atoms with Gasteiger partial charge in [-0.3, -0.25) is 14.4 Å². The minimum absolute atomic E-state index is 0.0971. The largest absolute Gasteiger partial charge is 0.534 e. The highest BCUT2D eigenvalue weighted by atomic mass is 16.8. The molecule has 1 N–H and O–H groups in total. The number of carbonyl (C=O) groups is 3. The molecule has 132 valence electrons. The number of carbonyl (C=O) groups excluding carboxylic acids is 3. The molecule has 5 fully saturated rings. The van der Waals surface area contributed by atoms with Gasteiger partial charge in [0.05, 0.1) is 5.60 Å². The zero-order valence-corrected chi connectivity index (χ0v) is 13.7. The van der Waals surface area contributed by atoms with E-state index in [1.54, 1.807) is 0 Å². The Morgan fingerprint density at radius 3 is 1.88 bits per heavy atom. The molecule has 5 rings (SSSR count). The zero-order valence-electron chi connectivity index (χ0n) is 13.7. The second-order valence-corrected chi connectivity index (χ2v) is 7.74. The van der Waals surface area contributed by atoms with E-state index < -0.39 is 18.0 Å². The highest BCUT2D eigenvalue weighted by Gasteiger charge is 2.58. The Morgan fingerprint density at radius 2 is 1.50 bits per heavy atom. The third-order valence-electron chi connectivity index (χ3n) is 5.62. The van der Waals surface area contributed by atoms with Crippen LogP contribution in [0.3, 0.4) is 0 Å². The van der Waals surface area contributed by atoms with Crippen LogP contribution in [0.25, 0.3) is 0 Å². The molecule has 4 saturated carbocycles. The minimum atomic E-state index is -0.932. The van der Waals surface area contributed by atoms with Gasteiger partial charge in [-0.15, -0.1) is 0 Å². The van der Waals surface area contributed by atoms with Gasteiger partial charge in [0.25, 0.3) is 11.8 Å². The van der Waals surface area contributed by atoms with Crippen LogP contribution in [0.2, 0.25) is 0 Å². The highest BCUT2D eigenvalue weighted by Crippen LogP contribution is 2.56. The molecular formula is C17H23NO6. The first-order valence-electron chi connectivity index (χ1n) is 8.91. The maximum atomic E-state index is 11.5. The van der Waals surface area contributed by atoms with Gasteiger partial charge in [-0.25, -0.2) is 4.79 Å². The monoisotopic (exact) mass is 337 g/mol. The molecule has 5 aliphatic rings. The average Bonchev–Trinajstić information content (AvgIpc) is 3.38. The molecule has 1 aliphatic heterocycles. The van der Waals surface area contributed by atoms with Crippen molar-refractivity contribution in [1.29, 1.82) is 0 Å². The topological polar surface area (TPSA) is 93.1 Å². The lowest BCUT2D eigenvalue weighted by molar-refractivity contribution is -0.179. The van der Waals surface area contributed by atoms with Gasteiger partial charge in [-0.2, -0.15) is 0 Å². The van der Waals surface area contributed by atoms with Crippen molar-refractivity contribution in [2.24, 2.45) is 11.8 Å². The Hall–Kier alpha value is -1.63. The van der Waals surface area contributed by atoms with Crippen LogP contribution in [-0.2, 0) is 19.2 Å². The molecule has 0 aromatic carbocycles. The number of hydroxylamine groups is 2. The second kappa shape index (κ2) is 5.44. The first-order chi connectivity index (χ1) is 11.4. The number of ether oxygens (including phenoxy) is 1. The Bertz CT molecular complexity index is 556. The molecular weight excluding hydrogens is 314 g/mol. The van der Waals surface area contributed by atoms with E-state index in [0.717, 1.165) is 38.5 Å². The van der Waals surface area contributed by atoms with Gasteiger partial charge in [0.15, 0.2) is 0 Å². The van der Waals surface area contributed by atoms with Gasteiger partial charge in [0, 0.05) is 12.8 Å². The van der Waals surface area contributed by atoms with Crippen molar-refractivity contribution in [3.8, 4) is 0 Å². The summed E-state index contributed by atoms with van der Waals surface area (Å²) in [4.78, 5) is 38.6. The van der Waals surface area contributed by atoms with Crippen molar-refractivity contribution in [2.45, 2.75) is 75.4 Å². The van der Waals surface area contributed by atoms with Crippen molar-refractivity contribution in [2.75, 3.05) is 0 Å². The second-order valence-electron chi connectivity index (χ2n) is 7.74. The quantitative estimate of drug-likeness (QED) is 0.623. The molecule has 0 aromatic rings. The predicted molar refractivity (Wildman–Crippen MR) is 80.2 cm³/mol. The van der Waals surface area contributed by atoms with Gasteiger partial charge in [-0.05, 0) is 63.2 Å². The number of rotatable bonds is 4. The standard InChI is InChI=1S/C11H13NO5.C6H10O/c13-8-3-4-9(14)12(8)17-10(15)16-11(5-6-11)7-1-2-7;7-6(3-4-6)5-1-2-5/h7H,1-6H2;5,7H,1-4H2. The van der Waals surface area contributed by atoms with Gasteiger partial charge in [0.1, 0.15) is 5.60 Å². The fourth-order valence-electron chi connectivity index (χ4n) is 3.40. The average molecular weight is 337 g/mol. The number of imide groups is 1. The van der Waals surface area contributed by atoms with Crippen molar-refractivity contribution < 1.29 is 29.1 Å². The van der Waals surface area contributed by atoms with Gasteiger partial charge < -0.3 is 9.84 Å². The van der Waals surface area contributed by atoms with E-state index in [4.69, 9.17) is 4.74 Å². The number of hydrogen-bond donors (Lipinski definition) is 1.